The number of rotatable bonds is 6. The number of benzene rings is 1. The van der Waals surface area contributed by atoms with E-state index in [0.717, 1.165) is 29.5 Å². The van der Waals surface area contributed by atoms with Crippen LogP contribution in [0.1, 0.15) is 22.8 Å². The number of nitro groups is 1. The maximum absolute atomic E-state index is 11.8. The second kappa shape index (κ2) is 7.45. The topological polar surface area (TPSA) is 111 Å². The largest absolute Gasteiger partial charge is 0.452 e. The smallest absolute Gasteiger partial charge is 0.345 e. The maximum atomic E-state index is 11.8. The Bertz CT molecular complexity index is 726. The van der Waals surface area contributed by atoms with Crippen molar-refractivity contribution in [1.82, 2.24) is 4.98 Å². The fraction of sp³-hybridized carbons (Fsp3) is 0.214. The number of nitrogens with zero attached hydrogens (tertiary/aromatic N) is 2. The molecule has 0 fully saturated rings. The Morgan fingerprint density at radius 2 is 2.04 bits per heavy atom. The second-order valence-electron chi connectivity index (χ2n) is 4.44. The lowest BCUT2D eigenvalue weighted by molar-refractivity contribution is -0.380. The first-order valence-electron chi connectivity index (χ1n) is 6.65. The van der Waals surface area contributed by atoms with Gasteiger partial charge in [-0.2, -0.15) is 0 Å². The van der Waals surface area contributed by atoms with Gasteiger partial charge in [-0.1, -0.05) is 19.1 Å². The standard InChI is InChI=1S/C14H13N3O5S/c1-2-9-3-5-10(6-4-9)13(19)22-8-11(18)16-14-15-7-12(23-14)17(20)21/h3-7H,2,8H2,1H3,(H,15,16,18). The van der Waals surface area contributed by atoms with Crippen molar-refractivity contribution in [2.24, 2.45) is 0 Å². The molecule has 1 aromatic carbocycles. The summed E-state index contributed by atoms with van der Waals surface area (Å²) in [4.78, 5) is 37.0. The van der Waals surface area contributed by atoms with Gasteiger partial charge in [0.2, 0.25) is 0 Å². The van der Waals surface area contributed by atoms with Crippen LogP contribution in [0.4, 0.5) is 10.1 Å². The van der Waals surface area contributed by atoms with Crippen molar-refractivity contribution >= 4 is 33.3 Å². The van der Waals surface area contributed by atoms with Crippen LogP contribution >= 0.6 is 11.3 Å². The molecule has 2 aromatic rings. The molecule has 120 valence electrons. The molecule has 0 unspecified atom stereocenters. The number of hydrogen-bond acceptors (Lipinski definition) is 7. The van der Waals surface area contributed by atoms with Gasteiger partial charge >= 0.3 is 11.0 Å². The monoisotopic (exact) mass is 335 g/mol. The summed E-state index contributed by atoms with van der Waals surface area (Å²) >= 11 is 0.721. The summed E-state index contributed by atoms with van der Waals surface area (Å²) in [7, 11) is 0. The molecule has 0 radical (unpaired) electrons. The number of aromatic nitrogens is 1. The van der Waals surface area contributed by atoms with E-state index < -0.39 is 23.4 Å². The molecule has 0 atom stereocenters. The lowest BCUT2D eigenvalue weighted by Gasteiger charge is -2.05. The van der Waals surface area contributed by atoms with Gasteiger partial charge in [-0.05, 0) is 35.5 Å². The second-order valence-corrected chi connectivity index (χ2v) is 5.44. The van der Waals surface area contributed by atoms with Gasteiger partial charge in [0, 0.05) is 0 Å². The fourth-order valence-electron chi connectivity index (χ4n) is 1.65. The third-order valence-corrected chi connectivity index (χ3v) is 3.72. The molecule has 0 aliphatic rings. The first-order chi connectivity index (χ1) is 11.0. The van der Waals surface area contributed by atoms with E-state index in [1.807, 2.05) is 19.1 Å². The number of carbonyl (C=O) groups excluding carboxylic acids is 2. The van der Waals surface area contributed by atoms with E-state index in [1.54, 1.807) is 12.1 Å². The molecular formula is C14H13N3O5S. The van der Waals surface area contributed by atoms with Crippen LogP contribution in [0, 0.1) is 10.1 Å². The zero-order valence-corrected chi connectivity index (χ0v) is 13.0. The van der Waals surface area contributed by atoms with Crippen LogP contribution in [-0.2, 0) is 16.0 Å². The van der Waals surface area contributed by atoms with Crippen LogP contribution in [0.15, 0.2) is 30.5 Å². The Balaban J connectivity index is 1.85. The number of ether oxygens (including phenoxy) is 1. The number of hydrogen-bond donors (Lipinski definition) is 1. The Hall–Kier alpha value is -2.81. The van der Waals surface area contributed by atoms with Gasteiger partial charge in [0.1, 0.15) is 6.20 Å². The van der Waals surface area contributed by atoms with E-state index >= 15 is 0 Å². The summed E-state index contributed by atoms with van der Waals surface area (Å²) in [6.45, 7) is 1.50. The van der Waals surface area contributed by atoms with Gasteiger partial charge in [0.05, 0.1) is 10.5 Å². The summed E-state index contributed by atoms with van der Waals surface area (Å²) in [5, 5.41) is 12.7. The SMILES string of the molecule is CCc1ccc(C(=O)OCC(=O)Nc2ncc([N+](=O)[O-])s2)cc1. The molecule has 1 aromatic heterocycles. The minimum Gasteiger partial charge on any atom is -0.452 e. The van der Waals surface area contributed by atoms with Crippen molar-refractivity contribution in [3.05, 3.63) is 51.7 Å². The molecule has 23 heavy (non-hydrogen) atoms. The number of amides is 1. The molecule has 0 aliphatic heterocycles. The van der Waals surface area contributed by atoms with E-state index in [0.29, 0.717) is 5.56 Å². The molecule has 0 saturated heterocycles. The van der Waals surface area contributed by atoms with Crippen molar-refractivity contribution in [2.75, 3.05) is 11.9 Å². The highest BCUT2D eigenvalue weighted by molar-refractivity contribution is 7.18. The summed E-state index contributed by atoms with van der Waals surface area (Å²) in [6.07, 6.45) is 1.90. The first-order valence-corrected chi connectivity index (χ1v) is 7.47. The van der Waals surface area contributed by atoms with E-state index in [2.05, 4.69) is 10.3 Å². The van der Waals surface area contributed by atoms with Gasteiger partial charge in [0.25, 0.3) is 5.91 Å². The van der Waals surface area contributed by atoms with Gasteiger partial charge in [0.15, 0.2) is 11.7 Å². The predicted octanol–water partition coefficient (Wildman–Crippen LogP) is 2.41. The van der Waals surface area contributed by atoms with E-state index in [4.69, 9.17) is 4.74 Å². The van der Waals surface area contributed by atoms with Gasteiger partial charge in [-0.15, -0.1) is 0 Å². The molecule has 1 N–H and O–H groups in total. The van der Waals surface area contributed by atoms with Gasteiger partial charge in [-0.3, -0.25) is 20.2 Å². The Labute approximate surface area is 135 Å². The van der Waals surface area contributed by atoms with Crippen LogP contribution < -0.4 is 5.32 Å². The summed E-state index contributed by atoms with van der Waals surface area (Å²) in [5.74, 6) is -1.24. The van der Waals surface area contributed by atoms with Crippen molar-refractivity contribution in [1.29, 1.82) is 0 Å². The van der Waals surface area contributed by atoms with E-state index in [1.165, 1.54) is 0 Å². The van der Waals surface area contributed by atoms with Crippen LogP contribution in [0.3, 0.4) is 0 Å². The number of carbonyl (C=O) groups is 2. The van der Waals surface area contributed by atoms with E-state index in [9.17, 15) is 19.7 Å². The van der Waals surface area contributed by atoms with Crippen LogP contribution in [0.25, 0.3) is 0 Å². The third kappa shape index (κ3) is 4.58. The first kappa shape index (κ1) is 16.6. The normalized spacial score (nSPS) is 10.1. The molecule has 8 nitrogen and oxygen atoms in total. The number of nitrogens with one attached hydrogen (secondary N) is 1. The minimum absolute atomic E-state index is 0.0741. The third-order valence-electron chi connectivity index (χ3n) is 2.85. The van der Waals surface area contributed by atoms with Gasteiger partial charge in [-0.25, -0.2) is 9.78 Å². The summed E-state index contributed by atoms with van der Waals surface area (Å²) < 4.78 is 4.88. The number of esters is 1. The minimum atomic E-state index is -0.618. The lowest BCUT2D eigenvalue weighted by atomic mass is 10.1. The van der Waals surface area contributed by atoms with Crippen molar-refractivity contribution < 1.29 is 19.2 Å². The predicted molar refractivity (Wildman–Crippen MR) is 83.5 cm³/mol. The van der Waals surface area contributed by atoms with Crippen LogP contribution in [0.2, 0.25) is 0 Å². The highest BCUT2D eigenvalue weighted by atomic mass is 32.1. The molecule has 0 aliphatic carbocycles. The maximum Gasteiger partial charge on any atom is 0.345 e. The van der Waals surface area contributed by atoms with Gasteiger partial charge < -0.3 is 4.74 Å². The molecular weight excluding hydrogens is 322 g/mol. The number of aryl methyl sites for hydroxylation is 1. The van der Waals surface area contributed by atoms with Crippen molar-refractivity contribution in [3.8, 4) is 0 Å². The lowest BCUT2D eigenvalue weighted by Crippen LogP contribution is -2.20. The Morgan fingerprint density at radius 3 is 2.61 bits per heavy atom. The Kier molecular flexibility index (Phi) is 5.36. The van der Waals surface area contributed by atoms with Crippen molar-refractivity contribution in [2.45, 2.75) is 13.3 Å². The molecule has 0 spiro atoms. The van der Waals surface area contributed by atoms with E-state index in [-0.39, 0.29) is 10.1 Å². The Morgan fingerprint density at radius 1 is 1.35 bits per heavy atom. The number of thiazole rings is 1. The molecule has 2 rings (SSSR count). The fourth-order valence-corrected chi connectivity index (χ4v) is 2.30. The van der Waals surface area contributed by atoms with Crippen LogP contribution in [0.5, 0.6) is 0 Å². The molecule has 1 heterocycles. The average molecular weight is 335 g/mol. The average Bonchev–Trinajstić information content (AvgIpc) is 3.01. The summed E-state index contributed by atoms with van der Waals surface area (Å²) in [6, 6.07) is 6.88. The summed E-state index contributed by atoms with van der Waals surface area (Å²) in [5.41, 5.74) is 1.43. The molecule has 1 amide bonds. The zero-order valence-electron chi connectivity index (χ0n) is 12.1. The van der Waals surface area contributed by atoms with Crippen LogP contribution in [-0.4, -0.2) is 28.4 Å². The quantitative estimate of drug-likeness (QED) is 0.493. The zero-order chi connectivity index (χ0) is 16.8. The molecule has 9 heteroatoms. The highest BCUT2D eigenvalue weighted by Gasteiger charge is 2.15. The number of anilines is 1. The molecule has 0 saturated carbocycles. The highest BCUT2D eigenvalue weighted by Crippen LogP contribution is 2.24. The van der Waals surface area contributed by atoms with Crippen molar-refractivity contribution in [3.63, 3.8) is 0 Å². The molecule has 0 bridgehead atoms.